The van der Waals surface area contributed by atoms with Gasteiger partial charge in [-0.25, -0.2) is 13.2 Å². The van der Waals surface area contributed by atoms with E-state index < -0.39 is 14.6 Å². The van der Waals surface area contributed by atoms with E-state index >= 15 is 0 Å². The third kappa shape index (κ3) is 3.99. The highest BCUT2D eigenvalue weighted by molar-refractivity contribution is 7.92. The summed E-state index contributed by atoms with van der Waals surface area (Å²) in [6.45, 7) is 4.97. The Hall–Kier alpha value is -1.04. The number of allylic oxidation sites excluding steroid dienone is 2. The van der Waals surface area contributed by atoms with Crippen molar-refractivity contribution < 1.29 is 13.2 Å². The van der Waals surface area contributed by atoms with Crippen LogP contribution in [0.5, 0.6) is 0 Å². The van der Waals surface area contributed by atoms with Gasteiger partial charge in [-0.2, -0.15) is 0 Å². The number of carbonyl (C=O) groups excluding carboxylic acids is 1. The predicted octanol–water partition coefficient (Wildman–Crippen LogP) is 1.95. The molecule has 2 aliphatic rings. The minimum atomic E-state index is -3.13. The van der Waals surface area contributed by atoms with Crippen LogP contribution in [0.1, 0.15) is 39.5 Å². The summed E-state index contributed by atoms with van der Waals surface area (Å²) in [6.07, 6.45) is 8.05. The van der Waals surface area contributed by atoms with Crippen LogP contribution in [0.25, 0.3) is 0 Å². The maximum Gasteiger partial charge on any atom is 0.317 e. The molecule has 1 aliphatic carbocycles. The third-order valence-corrected chi connectivity index (χ3v) is 7.27. The van der Waals surface area contributed by atoms with Gasteiger partial charge < -0.3 is 10.2 Å². The quantitative estimate of drug-likeness (QED) is 0.792. The molecule has 6 heteroatoms. The Morgan fingerprint density at radius 1 is 1.33 bits per heavy atom. The van der Waals surface area contributed by atoms with Gasteiger partial charge in [-0.05, 0) is 45.4 Å². The van der Waals surface area contributed by atoms with Gasteiger partial charge in [0, 0.05) is 19.6 Å². The van der Waals surface area contributed by atoms with E-state index in [1.807, 2.05) is 0 Å². The molecule has 2 rings (SSSR count). The molecule has 0 radical (unpaired) electrons. The second-order valence-corrected chi connectivity index (χ2v) is 9.40. The number of hydrogen-bond donors (Lipinski definition) is 1. The van der Waals surface area contributed by atoms with Crippen molar-refractivity contribution in [2.75, 3.05) is 25.4 Å². The standard InChI is InChI=1S/C15H26N2O3S/c1-15(2)8-9-17(10-11-21(15,19)20)14(18)16-12-13-6-4-3-5-7-13/h3-4,13H,5-12H2,1-2H3,(H,16,18)/t13-/m0/s1. The molecule has 5 nitrogen and oxygen atoms in total. The zero-order valence-corrected chi connectivity index (χ0v) is 13.8. The summed E-state index contributed by atoms with van der Waals surface area (Å²) in [5.41, 5.74) is 0. The summed E-state index contributed by atoms with van der Waals surface area (Å²) in [5.74, 6) is 0.561. The number of sulfone groups is 1. The zero-order chi connectivity index (χ0) is 15.5. The van der Waals surface area contributed by atoms with E-state index in [0.717, 1.165) is 19.3 Å². The van der Waals surface area contributed by atoms with Gasteiger partial charge in [0.05, 0.1) is 10.5 Å². The van der Waals surface area contributed by atoms with Crippen molar-refractivity contribution >= 4 is 15.9 Å². The van der Waals surface area contributed by atoms with Crippen LogP contribution in [-0.4, -0.2) is 49.5 Å². The number of carbonyl (C=O) groups is 1. The molecule has 1 aliphatic heterocycles. The molecule has 1 heterocycles. The van der Waals surface area contributed by atoms with Crippen molar-refractivity contribution in [1.82, 2.24) is 10.2 Å². The first kappa shape index (κ1) is 16.3. The summed E-state index contributed by atoms with van der Waals surface area (Å²) >= 11 is 0. The van der Waals surface area contributed by atoms with Crippen LogP contribution >= 0.6 is 0 Å². The Morgan fingerprint density at radius 2 is 2.10 bits per heavy atom. The molecule has 1 saturated heterocycles. The lowest BCUT2D eigenvalue weighted by atomic mass is 9.94. The SMILES string of the molecule is CC1(C)CCN(C(=O)NC[C@H]2CC=CCC2)CCS1(=O)=O. The molecule has 120 valence electrons. The highest BCUT2D eigenvalue weighted by atomic mass is 32.2. The van der Waals surface area contributed by atoms with Gasteiger partial charge in [0.15, 0.2) is 9.84 Å². The molecular formula is C15H26N2O3S. The number of rotatable bonds is 2. The van der Waals surface area contributed by atoms with Crippen LogP contribution in [0.2, 0.25) is 0 Å². The van der Waals surface area contributed by atoms with Gasteiger partial charge >= 0.3 is 6.03 Å². The Labute approximate surface area is 127 Å². The van der Waals surface area contributed by atoms with Gasteiger partial charge in [0.25, 0.3) is 0 Å². The van der Waals surface area contributed by atoms with Gasteiger partial charge in [-0.15, -0.1) is 0 Å². The molecule has 0 unspecified atom stereocenters. The molecule has 21 heavy (non-hydrogen) atoms. The molecule has 0 saturated carbocycles. The lowest BCUT2D eigenvalue weighted by Gasteiger charge is -2.24. The van der Waals surface area contributed by atoms with Crippen molar-refractivity contribution in [1.29, 1.82) is 0 Å². The van der Waals surface area contributed by atoms with E-state index in [0.29, 0.717) is 32.0 Å². The fraction of sp³-hybridized carbons (Fsp3) is 0.800. The van der Waals surface area contributed by atoms with Crippen molar-refractivity contribution in [2.45, 2.75) is 44.3 Å². The number of nitrogens with zero attached hydrogens (tertiary/aromatic N) is 1. The highest BCUT2D eigenvalue weighted by Crippen LogP contribution is 2.25. The van der Waals surface area contributed by atoms with Gasteiger partial charge in [0.2, 0.25) is 0 Å². The van der Waals surface area contributed by atoms with Crippen LogP contribution in [0.4, 0.5) is 4.79 Å². The van der Waals surface area contributed by atoms with Crippen LogP contribution in [0.3, 0.4) is 0 Å². The van der Waals surface area contributed by atoms with E-state index in [1.165, 1.54) is 0 Å². The van der Waals surface area contributed by atoms with E-state index in [2.05, 4.69) is 17.5 Å². The fourth-order valence-corrected chi connectivity index (χ4v) is 4.18. The summed E-state index contributed by atoms with van der Waals surface area (Å²) in [7, 11) is -3.13. The van der Waals surface area contributed by atoms with Crippen LogP contribution in [0, 0.1) is 5.92 Å². The lowest BCUT2D eigenvalue weighted by molar-refractivity contribution is 0.198. The van der Waals surface area contributed by atoms with E-state index in [9.17, 15) is 13.2 Å². The van der Waals surface area contributed by atoms with Crippen LogP contribution in [-0.2, 0) is 9.84 Å². The minimum absolute atomic E-state index is 0.0551. The maximum atomic E-state index is 12.2. The molecule has 0 spiro atoms. The number of hydrogen-bond acceptors (Lipinski definition) is 3. The second kappa shape index (κ2) is 6.38. The summed E-state index contributed by atoms with van der Waals surface area (Å²) in [5, 5.41) is 2.96. The second-order valence-electron chi connectivity index (χ2n) is 6.65. The number of urea groups is 1. The van der Waals surface area contributed by atoms with Gasteiger partial charge in [0.1, 0.15) is 0 Å². The first-order chi connectivity index (χ1) is 9.82. The lowest BCUT2D eigenvalue weighted by Crippen LogP contribution is -2.43. The Kier molecular flexibility index (Phi) is 4.96. The van der Waals surface area contributed by atoms with Crippen molar-refractivity contribution in [3.63, 3.8) is 0 Å². The molecule has 0 aromatic rings. The summed E-state index contributed by atoms with van der Waals surface area (Å²) < 4.78 is 23.5. The molecule has 0 bridgehead atoms. The molecule has 1 fully saturated rings. The highest BCUT2D eigenvalue weighted by Gasteiger charge is 2.37. The largest absolute Gasteiger partial charge is 0.338 e. The fourth-order valence-electron chi connectivity index (χ4n) is 2.77. The zero-order valence-electron chi connectivity index (χ0n) is 13.0. The van der Waals surface area contributed by atoms with Gasteiger partial charge in [-0.3, -0.25) is 0 Å². The molecule has 1 N–H and O–H groups in total. The van der Waals surface area contributed by atoms with Crippen LogP contribution < -0.4 is 5.32 Å². The average Bonchev–Trinajstić information content (AvgIpc) is 2.55. The molecular weight excluding hydrogens is 288 g/mol. The van der Waals surface area contributed by atoms with E-state index in [4.69, 9.17) is 0 Å². The summed E-state index contributed by atoms with van der Waals surface area (Å²) in [6, 6.07) is -0.127. The molecule has 0 aromatic carbocycles. The van der Waals surface area contributed by atoms with Crippen LogP contribution in [0.15, 0.2) is 12.2 Å². The topological polar surface area (TPSA) is 66.5 Å². The number of nitrogens with one attached hydrogen (secondary N) is 1. The minimum Gasteiger partial charge on any atom is -0.338 e. The first-order valence-electron chi connectivity index (χ1n) is 7.72. The van der Waals surface area contributed by atoms with E-state index in [-0.39, 0.29) is 11.8 Å². The molecule has 1 atom stereocenters. The average molecular weight is 314 g/mol. The Morgan fingerprint density at radius 3 is 2.76 bits per heavy atom. The predicted molar refractivity (Wildman–Crippen MR) is 83.9 cm³/mol. The Bertz CT molecular complexity index is 511. The summed E-state index contributed by atoms with van der Waals surface area (Å²) in [4.78, 5) is 13.9. The molecule has 0 aromatic heterocycles. The monoisotopic (exact) mass is 314 g/mol. The normalized spacial score (nSPS) is 27.9. The van der Waals surface area contributed by atoms with Crippen molar-refractivity contribution in [3.8, 4) is 0 Å². The Balaban J connectivity index is 1.87. The van der Waals surface area contributed by atoms with Crippen molar-refractivity contribution in [3.05, 3.63) is 12.2 Å². The maximum absolute atomic E-state index is 12.2. The first-order valence-corrected chi connectivity index (χ1v) is 9.37. The van der Waals surface area contributed by atoms with E-state index in [1.54, 1.807) is 18.7 Å². The molecule has 2 amide bonds. The third-order valence-electron chi connectivity index (χ3n) is 4.66. The van der Waals surface area contributed by atoms with Gasteiger partial charge in [-0.1, -0.05) is 12.2 Å². The van der Waals surface area contributed by atoms with Crippen molar-refractivity contribution in [2.24, 2.45) is 5.92 Å². The smallest absolute Gasteiger partial charge is 0.317 e. The number of amides is 2.